The molecule has 4 heteroatoms. The Hall–Kier alpha value is -2.31. The van der Waals surface area contributed by atoms with Gasteiger partial charge in [0.05, 0.1) is 17.0 Å². The van der Waals surface area contributed by atoms with E-state index in [0.29, 0.717) is 16.3 Å². The van der Waals surface area contributed by atoms with Gasteiger partial charge in [-0.1, -0.05) is 36.2 Å². The molecule has 0 bridgehead atoms. The Morgan fingerprint density at radius 3 is 2.50 bits per heavy atom. The van der Waals surface area contributed by atoms with Crippen molar-refractivity contribution >= 4 is 23.2 Å². The zero-order chi connectivity index (χ0) is 15.6. The standard InChI is InChI=1S/C18H15ClN2O/c19-15-7-5-14(6-8-15)18(9-2-10-18)17(22)21-16-4-1-3-13(11-16)12-20/h1,3-8,11H,2,9-10H2,(H,21,22). The van der Waals surface area contributed by atoms with Crippen LogP contribution in [0.25, 0.3) is 0 Å². The molecular formula is C18H15ClN2O. The maximum atomic E-state index is 12.8. The second-order valence-corrected chi connectivity index (χ2v) is 6.03. The summed E-state index contributed by atoms with van der Waals surface area (Å²) in [4.78, 5) is 12.8. The largest absolute Gasteiger partial charge is 0.325 e. The topological polar surface area (TPSA) is 52.9 Å². The summed E-state index contributed by atoms with van der Waals surface area (Å²) in [5.41, 5.74) is 1.71. The fraction of sp³-hybridized carbons (Fsp3) is 0.222. The van der Waals surface area contributed by atoms with Crippen LogP contribution in [0.1, 0.15) is 30.4 Å². The first-order valence-electron chi connectivity index (χ1n) is 7.22. The first kappa shape index (κ1) is 14.6. The van der Waals surface area contributed by atoms with Crippen LogP contribution in [0.15, 0.2) is 48.5 Å². The van der Waals surface area contributed by atoms with Crippen LogP contribution in [0, 0.1) is 11.3 Å². The van der Waals surface area contributed by atoms with Crippen LogP contribution in [-0.4, -0.2) is 5.91 Å². The fourth-order valence-electron chi connectivity index (χ4n) is 2.86. The van der Waals surface area contributed by atoms with E-state index < -0.39 is 5.41 Å². The Morgan fingerprint density at radius 1 is 1.18 bits per heavy atom. The van der Waals surface area contributed by atoms with Crippen molar-refractivity contribution in [1.29, 1.82) is 5.26 Å². The van der Waals surface area contributed by atoms with E-state index in [4.69, 9.17) is 16.9 Å². The lowest BCUT2D eigenvalue weighted by molar-refractivity contribution is -0.124. The van der Waals surface area contributed by atoms with Crippen LogP contribution >= 0.6 is 11.6 Å². The highest BCUT2D eigenvalue weighted by atomic mass is 35.5. The van der Waals surface area contributed by atoms with E-state index in [1.165, 1.54) is 0 Å². The molecule has 0 saturated heterocycles. The average Bonchev–Trinajstić information content (AvgIpc) is 2.48. The fourth-order valence-corrected chi connectivity index (χ4v) is 2.99. The molecule has 1 amide bonds. The number of rotatable bonds is 3. The lowest BCUT2D eigenvalue weighted by atomic mass is 9.64. The van der Waals surface area contributed by atoms with Crippen molar-refractivity contribution in [2.45, 2.75) is 24.7 Å². The predicted molar refractivity (Wildman–Crippen MR) is 86.8 cm³/mol. The van der Waals surface area contributed by atoms with Crippen molar-refractivity contribution < 1.29 is 4.79 Å². The zero-order valence-corrected chi connectivity index (χ0v) is 12.7. The Labute approximate surface area is 134 Å². The molecule has 3 nitrogen and oxygen atoms in total. The van der Waals surface area contributed by atoms with Crippen molar-refractivity contribution in [3.8, 4) is 6.07 Å². The molecule has 2 aromatic rings. The van der Waals surface area contributed by atoms with Gasteiger partial charge in [0.25, 0.3) is 0 Å². The van der Waals surface area contributed by atoms with Crippen molar-refractivity contribution in [3.05, 3.63) is 64.7 Å². The number of nitrogens with one attached hydrogen (secondary N) is 1. The molecule has 0 aliphatic heterocycles. The molecule has 0 atom stereocenters. The number of hydrogen-bond acceptors (Lipinski definition) is 2. The molecule has 0 radical (unpaired) electrons. The maximum Gasteiger partial charge on any atom is 0.235 e. The van der Waals surface area contributed by atoms with Gasteiger partial charge in [-0.25, -0.2) is 0 Å². The van der Waals surface area contributed by atoms with Gasteiger partial charge in [0.15, 0.2) is 0 Å². The van der Waals surface area contributed by atoms with Gasteiger partial charge in [-0.3, -0.25) is 4.79 Å². The highest BCUT2D eigenvalue weighted by Crippen LogP contribution is 2.44. The minimum Gasteiger partial charge on any atom is -0.325 e. The first-order valence-corrected chi connectivity index (χ1v) is 7.59. The van der Waals surface area contributed by atoms with E-state index in [1.807, 2.05) is 24.3 Å². The highest BCUT2D eigenvalue weighted by molar-refractivity contribution is 6.30. The molecule has 3 rings (SSSR count). The molecule has 2 aromatic carbocycles. The molecule has 0 heterocycles. The number of halogens is 1. The summed E-state index contributed by atoms with van der Waals surface area (Å²) in [6.07, 6.45) is 2.70. The van der Waals surface area contributed by atoms with Crippen LogP contribution < -0.4 is 5.32 Å². The predicted octanol–water partition coefficient (Wildman–Crippen LogP) is 4.27. The number of benzene rings is 2. The molecule has 0 aromatic heterocycles. The smallest absolute Gasteiger partial charge is 0.235 e. The van der Waals surface area contributed by atoms with Crippen molar-refractivity contribution in [3.63, 3.8) is 0 Å². The number of carbonyl (C=O) groups is 1. The van der Waals surface area contributed by atoms with Crippen LogP contribution in [0.4, 0.5) is 5.69 Å². The number of nitriles is 1. The molecule has 0 unspecified atom stereocenters. The van der Waals surface area contributed by atoms with Gasteiger partial charge in [-0.2, -0.15) is 5.26 Å². The minimum absolute atomic E-state index is 0.0174. The number of nitrogens with zero attached hydrogens (tertiary/aromatic N) is 1. The van der Waals surface area contributed by atoms with E-state index in [2.05, 4.69) is 11.4 Å². The number of carbonyl (C=O) groups excluding carboxylic acids is 1. The second kappa shape index (κ2) is 5.82. The van der Waals surface area contributed by atoms with E-state index in [9.17, 15) is 4.79 Å². The van der Waals surface area contributed by atoms with E-state index >= 15 is 0 Å². The van der Waals surface area contributed by atoms with E-state index in [0.717, 1.165) is 24.8 Å². The summed E-state index contributed by atoms with van der Waals surface area (Å²) in [5, 5.41) is 12.6. The third-order valence-corrected chi connectivity index (χ3v) is 4.54. The van der Waals surface area contributed by atoms with Crippen LogP contribution in [0.2, 0.25) is 5.02 Å². The van der Waals surface area contributed by atoms with E-state index in [1.54, 1.807) is 24.3 Å². The van der Waals surface area contributed by atoms with Gasteiger partial charge < -0.3 is 5.32 Å². The van der Waals surface area contributed by atoms with Gasteiger partial charge in [0, 0.05) is 10.7 Å². The first-order chi connectivity index (χ1) is 10.6. The van der Waals surface area contributed by atoms with Gasteiger partial charge in [0.1, 0.15) is 0 Å². The quantitative estimate of drug-likeness (QED) is 0.920. The number of amides is 1. The molecule has 1 aliphatic carbocycles. The summed E-state index contributed by atoms with van der Waals surface area (Å²) < 4.78 is 0. The molecule has 1 saturated carbocycles. The second-order valence-electron chi connectivity index (χ2n) is 5.59. The molecule has 0 spiro atoms. The summed E-state index contributed by atoms with van der Waals surface area (Å²) in [6, 6.07) is 16.5. The van der Waals surface area contributed by atoms with Crippen molar-refractivity contribution in [1.82, 2.24) is 0 Å². The molecular weight excluding hydrogens is 296 g/mol. The monoisotopic (exact) mass is 310 g/mol. The highest BCUT2D eigenvalue weighted by Gasteiger charge is 2.45. The lowest BCUT2D eigenvalue weighted by Crippen LogP contribution is -2.46. The Balaban J connectivity index is 1.85. The molecule has 22 heavy (non-hydrogen) atoms. The Morgan fingerprint density at radius 2 is 1.91 bits per heavy atom. The summed E-state index contributed by atoms with van der Waals surface area (Å²) in [5.74, 6) is -0.0174. The molecule has 1 fully saturated rings. The third-order valence-electron chi connectivity index (χ3n) is 4.29. The van der Waals surface area contributed by atoms with Crippen molar-refractivity contribution in [2.24, 2.45) is 0 Å². The average molecular weight is 311 g/mol. The molecule has 1 N–H and O–H groups in total. The Kier molecular flexibility index (Phi) is 3.87. The van der Waals surface area contributed by atoms with Gasteiger partial charge in [0.2, 0.25) is 5.91 Å². The van der Waals surface area contributed by atoms with Crippen LogP contribution in [-0.2, 0) is 10.2 Å². The maximum absolute atomic E-state index is 12.8. The van der Waals surface area contributed by atoms with Gasteiger partial charge in [-0.05, 0) is 48.7 Å². The normalized spacial score (nSPS) is 15.5. The molecule has 1 aliphatic rings. The zero-order valence-electron chi connectivity index (χ0n) is 12.0. The van der Waals surface area contributed by atoms with Crippen LogP contribution in [0.3, 0.4) is 0 Å². The molecule has 110 valence electrons. The number of hydrogen-bond donors (Lipinski definition) is 1. The number of anilines is 1. The lowest BCUT2D eigenvalue weighted by Gasteiger charge is -2.40. The SMILES string of the molecule is N#Cc1cccc(NC(=O)C2(c3ccc(Cl)cc3)CCC2)c1. The van der Waals surface area contributed by atoms with Crippen molar-refractivity contribution in [2.75, 3.05) is 5.32 Å². The van der Waals surface area contributed by atoms with E-state index in [-0.39, 0.29) is 5.91 Å². The minimum atomic E-state index is -0.479. The Bertz CT molecular complexity index is 742. The van der Waals surface area contributed by atoms with Gasteiger partial charge >= 0.3 is 0 Å². The summed E-state index contributed by atoms with van der Waals surface area (Å²) in [6.45, 7) is 0. The van der Waals surface area contributed by atoms with Crippen LogP contribution in [0.5, 0.6) is 0 Å². The van der Waals surface area contributed by atoms with Gasteiger partial charge in [-0.15, -0.1) is 0 Å². The third kappa shape index (κ3) is 2.58. The summed E-state index contributed by atoms with van der Waals surface area (Å²) >= 11 is 5.93. The summed E-state index contributed by atoms with van der Waals surface area (Å²) in [7, 11) is 0.